The Morgan fingerprint density at radius 2 is 1.77 bits per heavy atom. The van der Waals surface area contributed by atoms with E-state index in [1.54, 1.807) is 14.0 Å². The van der Waals surface area contributed by atoms with Crippen LogP contribution in [0.4, 0.5) is 5.69 Å². The Morgan fingerprint density at radius 3 is 2.33 bits per heavy atom. The number of anilines is 1. The highest BCUT2D eigenvalue weighted by Crippen LogP contribution is 2.21. The van der Waals surface area contributed by atoms with Gasteiger partial charge in [0, 0.05) is 78.4 Å². The summed E-state index contributed by atoms with van der Waals surface area (Å²) in [4.78, 5) is 33.6. The van der Waals surface area contributed by atoms with Gasteiger partial charge in [0.25, 0.3) is 0 Å². The number of benzene rings is 1. The summed E-state index contributed by atoms with van der Waals surface area (Å²) in [5.41, 5.74) is 2.12. The summed E-state index contributed by atoms with van der Waals surface area (Å²) in [5.74, 6) is 1.14. The van der Waals surface area contributed by atoms with Crippen molar-refractivity contribution in [2.75, 3.05) is 57.8 Å². The molecule has 0 spiro atoms. The first-order valence-corrected chi connectivity index (χ1v) is 10.4. The van der Waals surface area contributed by atoms with Gasteiger partial charge in [-0.05, 0) is 24.1 Å². The number of hydrogen-bond acceptors (Lipinski definition) is 4. The summed E-state index contributed by atoms with van der Waals surface area (Å²) in [7, 11) is 1.77. The van der Waals surface area contributed by atoms with Crippen molar-refractivity contribution in [3.8, 4) is 0 Å². The van der Waals surface area contributed by atoms with E-state index in [1.165, 1.54) is 0 Å². The lowest BCUT2D eigenvalue weighted by molar-refractivity contribution is -0.130. The van der Waals surface area contributed by atoms with Gasteiger partial charge in [-0.25, -0.2) is 0 Å². The number of carbonyl (C=O) groups is 2. The quantitative estimate of drug-likeness (QED) is 0.330. The third kappa shape index (κ3) is 6.83. The average Bonchev–Trinajstić information content (AvgIpc) is 3.17. The molecule has 0 radical (unpaired) electrons. The highest BCUT2D eigenvalue weighted by molar-refractivity contribution is 14.0. The monoisotopic (exact) mass is 528 g/mol. The van der Waals surface area contributed by atoms with E-state index < -0.39 is 0 Å². The van der Waals surface area contributed by atoms with Gasteiger partial charge in [-0.15, -0.1) is 24.0 Å². The highest BCUT2D eigenvalue weighted by Gasteiger charge is 2.21. The van der Waals surface area contributed by atoms with Gasteiger partial charge in [-0.3, -0.25) is 19.5 Å². The van der Waals surface area contributed by atoms with Crippen molar-refractivity contribution in [2.45, 2.75) is 26.3 Å². The van der Waals surface area contributed by atoms with Gasteiger partial charge in [0.15, 0.2) is 5.96 Å². The van der Waals surface area contributed by atoms with E-state index in [1.807, 2.05) is 21.9 Å². The molecule has 9 heteroatoms. The molecule has 30 heavy (non-hydrogen) atoms. The minimum Gasteiger partial charge on any atom is -0.355 e. The smallest absolute Gasteiger partial charge is 0.227 e. The number of carbonyl (C=O) groups excluding carboxylic acids is 2. The lowest BCUT2D eigenvalue weighted by atomic mass is 10.2. The fourth-order valence-electron chi connectivity index (χ4n) is 3.74. The van der Waals surface area contributed by atoms with Crippen molar-refractivity contribution in [1.29, 1.82) is 0 Å². The molecule has 1 aromatic carbocycles. The molecule has 8 nitrogen and oxygen atoms in total. The molecule has 0 bridgehead atoms. The first-order chi connectivity index (χ1) is 14.1. The van der Waals surface area contributed by atoms with Crippen molar-refractivity contribution in [2.24, 2.45) is 4.99 Å². The second kappa shape index (κ2) is 12.1. The fraction of sp³-hybridized carbons (Fsp3) is 0.571. The molecule has 2 fully saturated rings. The van der Waals surface area contributed by atoms with Crippen LogP contribution in [0.1, 0.15) is 25.3 Å². The number of nitrogens with one attached hydrogen (secondary N) is 2. The predicted molar refractivity (Wildman–Crippen MR) is 130 cm³/mol. The molecule has 0 aliphatic carbocycles. The van der Waals surface area contributed by atoms with E-state index in [0.29, 0.717) is 13.0 Å². The maximum Gasteiger partial charge on any atom is 0.227 e. The van der Waals surface area contributed by atoms with Crippen LogP contribution in [0, 0.1) is 0 Å². The molecule has 0 atom stereocenters. The molecule has 166 valence electrons. The standard InChI is InChI=1S/C21H32N6O2.HI/c1-17(28)26-14-12-25(13-15-26)11-9-23-21(22-2)24-16-18-5-7-19(8-6-18)27-10-3-4-20(27)29;/h5-8H,3-4,9-16H2,1-2H3,(H2,22,23,24);1H. The molecule has 0 unspecified atom stereocenters. The van der Waals surface area contributed by atoms with Crippen LogP contribution in [0.15, 0.2) is 29.3 Å². The highest BCUT2D eigenvalue weighted by atomic mass is 127. The lowest BCUT2D eigenvalue weighted by Crippen LogP contribution is -2.50. The SMILES string of the molecule is CN=C(NCCN1CCN(C(C)=O)CC1)NCc1ccc(N2CCCC2=O)cc1.I. The minimum atomic E-state index is 0. The molecular formula is C21H33IN6O2. The summed E-state index contributed by atoms with van der Waals surface area (Å²) >= 11 is 0. The normalized spacial score (nSPS) is 17.7. The second-order valence-corrected chi connectivity index (χ2v) is 7.52. The third-order valence-electron chi connectivity index (χ3n) is 5.54. The van der Waals surface area contributed by atoms with E-state index in [4.69, 9.17) is 0 Å². The van der Waals surface area contributed by atoms with Crippen LogP contribution in [0.2, 0.25) is 0 Å². The predicted octanol–water partition coefficient (Wildman–Crippen LogP) is 1.26. The fourth-order valence-corrected chi connectivity index (χ4v) is 3.74. The topological polar surface area (TPSA) is 80.3 Å². The Morgan fingerprint density at radius 1 is 1.07 bits per heavy atom. The maximum atomic E-state index is 11.8. The van der Waals surface area contributed by atoms with Crippen LogP contribution in [-0.2, 0) is 16.1 Å². The molecule has 2 N–H and O–H groups in total. The van der Waals surface area contributed by atoms with Crippen LogP contribution >= 0.6 is 24.0 Å². The van der Waals surface area contributed by atoms with Gasteiger partial charge in [0.1, 0.15) is 0 Å². The Bertz CT molecular complexity index is 732. The number of piperazine rings is 1. The Labute approximate surface area is 196 Å². The number of aliphatic imine (C=N–C) groups is 1. The first kappa shape index (κ1) is 24.4. The number of amides is 2. The summed E-state index contributed by atoms with van der Waals surface area (Å²) in [5, 5.41) is 6.68. The maximum absolute atomic E-state index is 11.8. The van der Waals surface area contributed by atoms with Crippen LogP contribution in [0.5, 0.6) is 0 Å². The molecule has 2 aliphatic heterocycles. The van der Waals surface area contributed by atoms with Gasteiger partial charge < -0.3 is 20.4 Å². The molecule has 2 saturated heterocycles. The average molecular weight is 528 g/mol. The van der Waals surface area contributed by atoms with E-state index >= 15 is 0 Å². The summed E-state index contributed by atoms with van der Waals surface area (Å²) in [6.45, 7) is 8.29. The number of rotatable bonds is 6. The summed E-state index contributed by atoms with van der Waals surface area (Å²) in [6.07, 6.45) is 1.59. The van der Waals surface area contributed by atoms with Crippen LogP contribution in [0.25, 0.3) is 0 Å². The lowest BCUT2D eigenvalue weighted by Gasteiger charge is -2.34. The third-order valence-corrected chi connectivity index (χ3v) is 5.54. The molecule has 0 saturated carbocycles. The number of hydrogen-bond donors (Lipinski definition) is 2. The molecule has 3 rings (SSSR count). The zero-order chi connectivity index (χ0) is 20.6. The summed E-state index contributed by atoms with van der Waals surface area (Å²) in [6, 6.07) is 8.12. The molecule has 1 aromatic rings. The van der Waals surface area contributed by atoms with Gasteiger partial charge in [-0.2, -0.15) is 0 Å². The zero-order valence-corrected chi connectivity index (χ0v) is 20.2. The Balaban J connectivity index is 0.00000320. The van der Waals surface area contributed by atoms with Crippen molar-refractivity contribution in [3.05, 3.63) is 29.8 Å². The summed E-state index contributed by atoms with van der Waals surface area (Å²) < 4.78 is 0. The molecule has 0 aromatic heterocycles. The van der Waals surface area contributed by atoms with E-state index in [2.05, 4.69) is 32.7 Å². The van der Waals surface area contributed by atoms with Gasteiger partial charge in [0.05, 0.1) is 0 Å². The Hall–Kier alpha value is -1.88. The van der Waals surface area contributed by atoms with Gasteiger partial charge in [-0.1, -0.05) is 12.1 Å². The second-order valence-electron chi connectivity index (χ2n) is 7.52. The van der Waals surface area contributed by atoms with Gasteiger partial charge in [0.2, 0.25) is 11.8 Å². The minimum absolute atomic E-state index is 0. The van der Waals surface area contributed by atoms with Crippen LogP contribution in [-0.4, -0.2) is 80.4 Å². The first-order valence-electron chi connectivity index (χ1n) is 10.4. The number of halogens is 1. The zero-order valence-electron chi connectivity index (χ0n) is 17.9. The van der Waals surface area contributed by atoms with Crippen LogP contribution < -0.4 is 15.5 Å². The number of nitrogens with zero attached hydrogens (tertiary/aromatic N) is 4. The molecular weight excluding hydrogens is 495 g/mol. The largest absolute Gasteiger partial charge is 0.355 e. The van der Waals surface area contributed by atoms with E-state index in [9.17, 15) is 9.59 Å². The van der Waals surface area contributed by atoms with Gasteiger partial charge >= 0.3 is 0 Å². The van der Waals surface area contributed by atoms with Crippen LogP contribution in [0.3, 0.4) is 0 Å². The van der Waals surface area contributed by atoms with Crippen molar-refractivity contribution in [1.82, 2.24) is 20.4 Å². The molecule has 2 heterocycles. The van der Waals surface area contributed by atoms with Crippen molar-refractivity contribution < 1.29 is 9.59 Å². The van der Waals surface area contributed by atoms with Crippen molar-refractivity contribution in [3.63, 3.8) is 0 Å². The van der Waals surface area contributed by atoms with E-state index in [-0.39, 0.29) is 35.8 Å². The molecule has 2 aliphatic rings. The molecule has 2 amide bonds. The number of guanidine groups is 1. The Kier molecular flexibility index (Phi) is 9.83. The van der Waals surface area contributed by atoms with E-state index in [0.717, 1.165) is 69.4 Å². The van der Waals surface area contributed by atoms with Crippen molar-refractivity contribution >= 4 is 47.4 Å².